The quantitative estimate of drug-likeness (QED) is 0.518. The second kappa shape index (κ2) is 6.34. The van der Waals surface area contributed by atoms with Crippen LogP contribution in [-0.2, 0) is 4.79 Å². The maximum atomic E-state index is 11.7. The van der Waals surface area contributed by atoms with Gasteiger partial charge in [-0.1, -0.05) is 6.07 Å². The molecule has 0 aromatic heterocycles. The van der Waals surface area contributed by atoms with Gasteiger partial charge in [0.05, 0.1) is 10.5 Å². The second-order valence-corrected chi connectivity index (χ2v) is 3.61. The standard InChI is InChI=1S/C11H13N3O5/c1-12-9(15)5-6-13-11(17)7-3-2-4-8(10(7)16)14(18)19/h2-4,16H,5-6H2,1H3,(H,12,15)(H,13,17). The van der Waals surface area contributed by atoms with Crippen molar-refractivity contribution in [2.24, 2.45) is 0 Å². The van der Waals surface area contributed by atoms with Crippen LogP contribution in [-0.4, -0.2) is 35.4 Å². The molecule has 102 valence electrons. The van der Waals surface area contributed by atoms with Crippen molar-refractivity contribution in [3.8, 4) is 5.75 Å². The average molecular weight is 267 g/mol. The van der Waals surface area contributed by atoms with E-state index in [1.165, 1.54) is 19.2 Å². The number of phenols is 1. The number of hydrogen-bond acceptors (Lipinski definition) is 5. The van der Waals surface area contributed by atoms with Gasteiger partial charge in [-0.15, -0.1) is 0 Å². The predicted molar refractivity (Wildman–Crippen MR) is 65.8 cm³/mol. The van der Waals surface area contributed by atoms with Gasteiger partial charge in [0, 0.05) is 26.1 Å². The lowest BCUT2D eigenvalue weighted by Gasteiger charge is -2.06. The summed E-state index contributed by atoms with van der Waals surface area (Å²) < 4.78 is 0. The van der Waals surface area contributed by atoms with E-state index >= 15 is 0 Å². The first-order chi connectivity index (χ1) is 8.97. The summed E-state index contributed by atoms with van der Waals surface area (Å²) in [6.45, 7) is 0.0701. The van der Waals surface area contributed by atoms with Crippen molar-refractivity contribution in [3.05, 3.63) is 33.9 Å². The van der Waals surface area contributed by atoms with Gasteiger partial charge in [-0.3, -0.25) is 19.7 Å². The number of nitro groups is 1. The molecule has 2 amide bonds. The van der Waals surface area contributed by atoms with Gasteiger partial charge in [0.15, 0.2) is 0 Å². The Labute approximate surface area is 108 Å². The van der Waals surface area contributed by atoms with Crippen LogP contribution in [0.2, 0.25) is 0 Å². The van der Waals surface area contributed by atoms with Crippen LogP contribution in [0.4, 0.5) is 5.69 Å². The number of nitrogens with one attached hydrogen (secondary N) is 2. The molecule has 8 heteroatoms. The number of carbonyl (C=O) groups excluding carboxylic acids is 2. The van der Waals surface area contributed by atoms with Gasteiger partial charge in [0.1, 0.15) is 0 Å². The summed E-state index contributed by atoms with van der Waals surface area (Å²) in [5, 5.41) is 25.0. The number of aromatic hydroxyl groups is 1. The molecule has 0 aliphatic heterocycles. The molecule has 0 heterocycles. The Balaban J connectivity index is 2.75. The molecule has 3 N–H and O–H groups in total. The number of phenolic OH excluding ortho intramolecular Hbond substituents is 1. The van der Waals surface area contributed by atoms with Crippen molar-refractivity contribution in [1.29, 1.82) is 0 Å². The lowest BCUT2D eigenvalue weighted by molar-refractivity contribution is -0.385. The Morgan fingerprint density at radius 3 is 2.68 bits per heavy atom. The Morgan fingerprint density at radius 1 is 1.42 bits per heavy atom. The van der Waals surface area contributed by atoms with Crippen LogP contribution < -0.4 is 10.6 Å². The predicted octanol–water partition coefficient (Wildman–Crippen LogP) is 0.166. The highest BCUT2D eigenvalue weighted by molar-refractivity contribution is 5.98. The minimum atomic E-state index is -0.781. The van der Waals surface area contributed by atoms with Crippen LogP contribution in [0.1, 0.15) is 16.8 Å². The van der Waals surface area contributed by atoms with E-state index in [-0.39, 0.29) is 24.4 Å². The van der Waals surface area contributed by atoms with E-state index in [2.05, 4.69) is 10.6 Å². The fourth-order valence-electron chi connectivity index (χ4n) is 1.37. The number of rotatable bonds is 5. The summed E-state index contributed by atoms with van der Waals surface area (Å²) >= 11 is 0. The maximum absolute atomic E-state index is 11.7. The molecule has 0 radical (unpaired) electrons. The highest BCUT2D eigenvalue weighted by Crippen LogP contribution is 2.28. The number of carbonyl (C=O) groups is 2. The molecule has 0 fully saturated rings. The highest BCUT2D eigenvalue weighted by atomic mass is 16.6. The number of benzene rings is 1. The smallest absolute Gasteiger partial charge is 0.311 e. The van der Waals surface area contributed by atoms with Crippen LogP contribution in [0.5, 0.6) is 5.75 Å². The van der Waals surface area contributed by atoms with Crippen LogP contribution in [0.15, 0.2) is 18.2 Å². The largest absolute Gasteiger partial charge is 0.502 e. The van der Waals surface area contributed by atoms with Gasteiger partial charge in [0.25, 0.3) is 5.91 Å². The van der Waals surface area contributed by atoms with Gasteiger partial charge >= 0.3 is 5.69 Å². The molecule has 1 aromatic rings. The summed E-state index contributed by atoms with van der Waals surface area (Å²) in [4.78, 5) is 32.4. The van der Waals surface area contributed by atoms with E-state index in [1.54, 1.807) is 0 Å². The van der Waals surface area contributed by atoms with Crippen LogP contribution in [0, 0.1) is 10.1 Å². The first-order valence-electron chi connectivity index (χ1n) is 5.42. The first-order valence-corrected chi connectivity index (χ1v) is 5.42. The maximum Gasteiger partial charge on any atom is 0.311 e. The summed E-state index contributed by atoms with van der Waals surface area (Å²) in [7, 11) is 1.47. The first kappa shape index (κ1) is 14.4. The van der Waals surface area contributed by atoms with Crippen LogP contribution in [0.25, 0.3) is 0 Å². The molecule has 19 heavy (non-hydrogen) atoms. The molecule has 0 aliphatic rings. The third-order valence-electron chi connectivity index (χ3n) is 2.37. The molecule has 1 rings (SSSR count). The third-order valence-corrected chi connectivity index (χ3v) is 2.37. The number of nitrogens with zero attached hydrogens (tertiary/aromatic N) is 1. The average Bonchev–Trinajstić information content (AvgIpc) is 2.38. The van der Waals surface area contributed by atoms with Gasteiger partial charge < -0.3 is 15.7 Å². The zero-order valence-corrected chi connectivity index (χ0v) is 10.2. The van der Waals surface area contributed by atoms with Crippen molar-refractivity contribution >= 4 is 17.5 Å². The lowest BCUT2D eigenvalue weighted by atomic mass is 10.1. The summed E-state index contributed by atoms with van der Waals surface area (Å²) in [6, 6.07) is 3.65. The monoisotopic (exact) mass is 267 g/mol. The molecule has 0 atom stereocenters. The Hall–Kier alpha value is -2.64. The molecular weight excluding hydrogens is 254 g/mol. The zero-order chi connectivity index (χ0) is 14.4. The van der Waals surface area contributed by atoms with Crippen LogP contribution in [0.3, 0.4) is 0 Å². The summed E-state index contributed by atoms with van der Waals surface area (Å²) in [5.74, 6) is -1.61. The molecule has 0 saturated carbocycles. The van der Waals surface area contributed by atoms with Crippen molar-refractivity contribution in [2.75, 3.05) is 13.6 Å². The summed E-state index contributed by atoms with van der Waals surface area (Å²) in [5.41, 5.74) is -0.745. The number of nitro benzene ring substituents is 1. The fraction of sp³-hybridized carbons (Fsp3) is 0.273. The van der Waals surface area contributed by atoms with Crippen LogP contribution >= 0.6 is 0 Å². The van der Waals surface area contributed by atoms with Crippen molar-refractivity contribution in [1.82, 2.24) is 10.6 Å². The van der Waals surface area contributed by atoms with Gasteiger partial charge in [-0.05, 0) is 6.07 Å². The Morgan fingerprint density at radius 2 is 2.11 bits per heavy atom. The van der Waals surface area contributed by atoms with Crippen molar-refractivity contribution < 1.29 is 19.6 Å². The molecule has 0 bridgehead atoms. The van der Waals surface area contributed by atoms with Gasteiger partial charge in [0.2, 0.25) is 11.7 Å². The van der Waals surface area contributed by atoms with E-state index in [4.69, 9.17) is 0 Å². The van der Waals surface area contributed by atoms with E-state index in [9.17, 15) is 24.8 Å². The van der Waals surface area contributed by atoms with Crippen molar-refractivity contribution in [2.45, 2.75) is 6.42 Å². The molecule has 0 aliphatic carbocycles. The van der Waals surface area contributed by atoms with E-state index in [1.807, 2.05) is 0 Å². The highest BCUT2D eigenvalue weighted by Gasteiger charge is 2.20. The topological polar surface area (TPSA) is 122 Å². The zero-order valence-electron chi connectivity index (χ0n) is 10.2. The molecule has 0 saturated heterocycles. The number of hydrogen-bond donors (Lipinski definition) is 3. The summed E-state index contributed by atoms with van der Waals surface area (Å²) in [6.07, 6.45) is 0.0813. The van der Waals surface area contributed by atoms with E-state index in [0.717, 1.165) is 6.07 Å². The molecule has 0 spiro atoms. The van der Waals surface area contributed by atoms with Gasteiger partial charge in [-0.2, -0.15) is 0 Å². The Bertz CT molecular complexity index is 515. The SMILES string of the molecule is CNC(=O)CCNC(=O)c1cccc([N+](=O)[O-])c1O. The van der Waals surface area contributed by atoms with Gasteiger partial charge in [-0.25, -0.2) is 0 Å². The molecule has 1 aromatic carbocycles. The molecule has 0 unspecified atom stereocenters. The fourth-order valence-corrected chi connectivity index (χ4v) is 1.37. The normalized spacial score (nSPS) is 9.74. The second-order valence-electron chi connectivity index (χ2n) is 3.61. The minimum Gasteiger partial charge on any atom is -0.502 e. The third kappa shape index (κ3) is 3.66. The minimum absolute atomic E-state index is 0.0701. The Kier molecular flexibility index (Phi) is 4.81. The molecular formula is C11H13N3O5. The number of para-hydroxylation sites is 1. The van der Waals surface area contributed by atoms with Crippen molar-refractivity contribution in [3.63, 3.8) is 0 Å². The van der Waals surface area contributed by atoms with E-state index < -0.39 is 22.3 Å². The van der Waals surface area contributed by atoms with E-state index in [0.29, 0.717) is 0 Å². The molecule has 8 nitrogen and oxygen atoms in total. The number of amides is 2. The lowest BCUT2D eigenvalue weighted by Crippen LogP contribution is -2.29.